The maximum absolute atomic E-state index is 4.99. The Morgan fingerprint density at radius 2 is 1.11 bits per heavy atom. The molecule has 0 spiro atoms. The predicted octanol–water partition coefficient (Wildman–Crippen LogP) is 10.7. The Kier molecular flexibility index (Phi) is 7.73. The van der Waals surface area contributed by atoms with Crippen LogP contribution in [0.1, 0.15) is 5.56 Å². The highest BCUT2D eigenvalue weighted by Gasteiger charge is 2.41. The quantitative estimate of drug-likeness (QED) is 0.124. The first kappa shape index (κ1) is 32.4. The summed E-state index contributed by atoms with van der Waals surface area (Å²) in [5.74, 6) is 0.919. The van der Waals surface area contributed by atoms with Crippen LogP contribution in [0.2, 0.25) is 0 Å². The van der Waals surface area contributed by atoms with Gasteiger partial charge in [0.15, 0.2) is 13.2 Å². The molecule has 260 valence electrons. The van der Waals surface area contributed by atoms with Crippen molar-refractivity contribution in [3.05, 3.63) is 200 Å². The summed E-state index contributed by atoms with van der Waals surface area (Å²) in [5.41, 5.74) is 9.73. The summed E-state index contributed by atoms with van der Waals surface area (Å²) in [7, 11) is -2.86. The van der Waals surface area contributed by atoms with Gasteiger partial charge in [-0.3, -0.25) is 4.57 Å². The number of nitrogens with zero attached hydrogens (tertiary/aromatic N) is 2. The second kappa shape index (κ2) is 13.1. The fourth-order valence-electron chi connectivity index (χ4n) is 8.79. The van der Waals surface area contributed by atoms with E-state index in [4.69, 9.17) is 4.98 Å². The molecule has 1 aliphatic heterocycles. The molecule has 0 radical (unpaired) electrons. The number of para-hydroxylation sites is 2. The summed E-state index contributed by atoms with van der Waals surface area (Å²) in [6, 6.07) is 72.5. The van der Waals surface area contributed by atoms with Crippen LogP contribution in [0.5, 0.6) is 0 Å². The van der Waals surface area contributed by atoms with E-state index in [0.29, 0.717) is 0 Å². The molecular formula is C50H34N2S2Si. The van der Waals surface area contributed by atoms with Gasteiger partial charge in [0, 0.05) is 25.9 Å². The maximum Gasteiger partial charge on any atom is 0.179 e. The normalized spacial score (nSPS) is 12.6. The number of thioether (sulfide) groups is 1. The zero-order chi connectivity index (χ0) is 36.3. The van der Waals surface area contributed by atoms with E-state index in [2.05, 4.69) is 199 Å². The lowest BCUT2D eigenvalue weighted by Gasteiger charge is -2.35. The molecule has 0 atom stereocenters. The van der Waals surface area contributed by atoms with Gasteiger partial charge < -0.3 is 0 Å². The van der Waals surface area contributed by atoms with E-state index < -0.39 is 8.07 Å². The van der Waals surface area contributed by atoms with E-state index in [1.54, 1.807) is 0 Å². The van der Waals surface area contributed by atoms with E-state index in [1.807, 2.05) is 23.1 Å². The number of benzene rings is 8. The zero-order valence-corrected chi connectivity index (χ0v) is 32.5. The third-order valence-electron chi connectivity index (χ3n) is 11.3. The van der Waals surface area contributed by atoms with Crippen LogP contribution in [0.4, 0.5) is 0 Å². The summed E-state index contributed by atoms with van der Waals surface area (Å²) >= 11 is 3.69. The van der Waals surface area contributed by atoms with E-state index in [0.717, 1.165) is 21.9 Å². The molecule has 0 N–H and O–H groups in total. The van der Waals surface area contributed by atoms with Crippen LogP contribution >= 0.6 is 23.1 Å². The van der Waals surface area contributed by atoms with Crippen molar-refractivity contribution in [2.75, 3.05) is 0 Å². The largest absolute Gasteiger partial charge is 0.287 e. The molecule has 2 aromatic heterocycles. The van der Waals surface area contributed by atoms with Crippen LogP contribution in [-0.2, 0) is 5.75 Å². The minimum atomic E-state index is -2.86. The number of hydrogen-bond donors (Lipinski definition) is 0. The van der Waals surface area contributed by atoms with Gasteiger partial charge >= 0.3 is 0 Å². The molecule has 0 saturated carbocycles. The SMILES string of the molecule is c1ccc([Si](c2ccccc2)(c2cccc(-c3ccc4c(c3)-n3c(nc5ccccc53)SC4)c2)c2cccc(-c3cccc4sc5ccccc5c34)c2)cc1. The molecular weight excluding hydrogens is 721 g/mol. The molecule has 3 heterocycles. The first-order chi connectivity index (χ1) is 27.3. The Morgan fingerprint density at radius 3 is 1.91 bits per heavy atom. The monoisotopic (exact) mass is 754 g/mol. The van der Waals surface area contributed by atoms with Crippen LogP contribution < -0.4 is 20.7 Å². The molecule has 0 unspecified atom stereocenters. The van der Waals surface area contributed by atoms with Crippen LogP contribution in [0.15, 0.2) is 199 Å². The molecule has 8 aromatic carbocycles. The van der Waals surface area contributed by atoms with Crippen LogP contribution in [0.3, 0.4) is 0 Å². The lowest BCUT2D eigenvalue weighted by molar-refractivity contribution is 0.895. The van der Waals surface area contributed by atoms with Gasteiger partial charge in [-0.15, -0.1) is 11.3 Å². The van der Waals surface area contributed by atoms with Gasteiger partial charge in [-0.2, -0.15) is 0 Å². The van der Waals surface area contributed by atoms with Crippen molar-refractivity contribution in [2.24, 2.45) is 0 Å². The molecule has 5 heteroatoms. The molecule has 2 nitrogen and oxygen atoms in total. The maximum atomic E-state index is 4.99. The van der Waals surface area contributed by atoms with Gasteiger partial charge in [0.25, 0.3) is 0 Å². The molecule has 0 saturated heterocycles. The fraction of sp³-hybridized carbons (Fsp3) is 0.0200. The second-order valence-electron chi connectivity index (χ2n) is 14.3. The first-order valence-corrected chi connectivity index (χ1v) is 22.5. The van der Waals surface area contributed by atoms with E-state index in [9.17, 15) is 0 Å². The van der Waals surface area contributed by atoms with Crippen molar-refractivity contribution >= 4 is 83.1 Å². The second-order valence-corrected chi connectivity index (χ2v) is 20.1. The molecule has 11 rings (SSSR count). The van der Waals surface area contributed by atoms with Gasteiger partial charge in [-0.05, 0) is 78.9 Å². The molecule has 55 heavy (non-hydrogen) atoms. The highest BCUT2D eigenvalue weighted by molar-refractivity contribution is 7.98. The van der Waals surface area contributed by atoms with Crippen molar-refractivity contribution in [3.8, 4) is 27.9 Å². The van der Waals surface area contributed by atoms with Crippen LogP contribution in [-0.4, -0.2) is 17.6 Å². The Labute approximate surface area is 329 Å². The summed E-state index contributed by atoms with van der Waals surface area (Å²) in [6.07, 6.45) is 0. The Hall–Kier alpha value is -5.98. The number of aromatic nitrogens is 2. The van der Waals surface area contributed by atoms with E-state index in [-0.39, 0.29) is 0 Å². The third-order valence-corrected chi connectivity index (χ3v) is 18.1. The fourth-order valence-corrected chi connectivity index (χ4v) is 15.8. The average Bonchev–Trinajstić information content (AvgIpc) is 3.84. The number of fused-ring (bicyclic) bond motifs is 8. The summed E-state index contributed by atoms with van der Waals surface area (Å²) in [6.45, 7) is 0. The molecule has 0 fully saturated rings. The highest BCUT2D eigenvalue weighted by atomic mass is 32.2. The molecule has 0 amide bonds. The van der Waals surface area contributed by atoms with Crippen molar-refractivity contribution in [3.63, 3.8) is 0 Å². The number of imidazole rings is 1. The topological polar surface area (TPSA) is 17.8 Å². The summed E-state index contributed by atoms with van der Waals surface area (Å²) in [5, 5.41) is 9.19. The molecule has 0 aliphatic carbocycles. The lowest BCUT2D eigenvalue weighted by atomic mass is 10.00. The van der Waals surface area contributed by atoms with Gasteiger partial charge in [0.1, 0.15) is 0 Å². The van der Waals surface area contributed by atoms with Crippen molar-refractivity contribution in [2.45, 2.75) is 10.9 Å². The summed E-state index contributed by atoms with van der Waals surface area (Å²) < 4.78 is 5.00. The van der Waals surface area contributed by atoms with E-state index in [1.165, 1.54) is 74.4 Å². The molecule has 10 aromatic rings. The van der Waals surface area contributed by atoms with Crippen molar-refractivity contribution < 1.29 is 0 Å². The van der Waals surface area contributed by atoms with Gasteiger partial charge in [0.05, 0.1) is 16.7 Å². The molecule has 1 aliphatic rings. The van der Waals surface area contributed by atoms with Gasteiger partial charge in [-0.25, -0.2) is 4.98 Å². The average molecular weight is 755 g/mol. The van der Waals surface area contributed by atoms with E-state index >= 15 is 0 Å². The highest BCUT2D eigenvalue weighted by Crippen LogP contribution is 2.41. The minimum absolute atomic E-state index is 0.919. The third kappa shape index (κ3) is 5.19. The number of rotatable bonds is 6. The van der Waals surface area contributed by atoms with Gasteiger partial charge in [0.2, 0.25) is 0 Å². The number of hydrogen-bond acceptors (Lipinski definition) is 3. The Morgan fingerprint density at radius 1 is 0.491 bits per heavy atom. The standard InChI is InChI=1S/C50H34N2S2Si/c1-3-16-38(17-4-1)55(39-18-5-2-6-19-39,41-21-12-15-36(31-41)42-23-13-27-48-49(42)43-22-7-10-26-47(43)54-48)40-20-11-14-34(30-40)35-28-29-37-33-53-50-51-44-24-8-9-25-45(44)52(50)46(37)32-35/h1-32H,33H2. The molecule has 0 bridgehead atoms. The van der Waals surface area contributed by atoms with Gasteiger partial charge in [-0.1, -0.05) is 176 Å². The van der Waals surface area contributed by atoms with Crippen LogP contribution in [0.25, 0.3) is 59.1 Å². The minimum Gasteiger partial charge on any atom is -0.287 e. The van der Waals surface area contributed by atoms with Crippen molar-refractivity contribution in [1.82, 2.24) is 9.55 Å². The lowest BCUT2D eigenvalue weighted by Crippen LogP contribution is -2.74. The number of thiophene rings is 1. The smallest absolute Gasteiger partial charge is 0.179 e. The first-order valence-electron chi connectivity index (χ1n) is 18.7. The Balaban J connectivity index is 1.14. The van der Waals surface area contributed by atoms with Crippen molar-refractivity contribution in [1.29, 1.82) is 0 Å². The summed E-state index contributed by atoms with van der Waals surface area (Å²) in [4.78, 5) is 4.99. The zero-order valence-electron chi connectivity index (χ0n) is 29.9. The van der Waals surface area contributed by atoms with Crippen LogP contribution in [0, 0.1) is 0 Å². The predicted molar refractivity (Wildman–Crippen MR) is 238 cm³/mol. The Bertz CT molecular complexity index is 3020.